The van der Waals surface area contributed by atoms with E-state index in [-0.39, 0.29) is 5.91 Å². The van der Waals surface area contributed by atoms with Crippen molar-refractivity contribution in [3.63, 3.8) is 0 Å². The van der Waals surface area contributed by atoms with Gasteiger partial charge in [0.2, 0.25) is 0 Å². The van der Waals surface area contributed by atoms with Crippen LogP contribution in [0.2, 0.25) is 0 Å². The Morgan fingerprint density at radius 1 is 1.42 bits per heavy atom. The van der Waals surface area contributed by atoms with E-state index in [1.165, 1.54) is 0 Å². The van der Waals surface area contributed by atoms with Gasteiger partial charge >= 0.3 is 0 Å². The van der Waals surface area contributed by atoms with Crippen molar-refractivity contribution in [3.8, 4) is 0 Å². The molecule has 0 bridgehead atoms. The van der Waals surface area contributed by atoms with Crippen LogP contribution in [0.3, 0.4) is 0 Å². The topological polar surface area (TPSA) is 77.9 Å². The lowest BCUT2D eigenvalue weighted by Gasteiger charge is -2.05. The molecule has 0 aliphatic carbocycles. The number of aromatic nitrogens is 3. The Kier molecular flexibility index (Phi) is 3.59. The number of aryl methyl sites for hydroxylation is 3. The molecular weight excluding hydrogens is 242 g/mol. The van der Waals surface area contributed by atoms with Crippen molar-refractivity contribution in [2.45, 2.75) is 19.9 Å². The third-order valence-electron chi connectivity index (χ3n) is 3.02. The lowest BCUT2D eigenvalue weighted by Crippen LogP contribution is -2.25. The molecule has 2 rings (SSSR count). The average molecular weight is 261 g/mol. The van der Waals surface area contributed by atoms with E-state index in [0.717, 1.165) is 17.7 Å². The van der Waals surface area contributed by atoms with E-state index >= 15 is 0 Å². The van der Waals surface area contributed by atoms with Gasteiger partial charge in [0, 0.05) is 38.6 Å². The quantitative estimate of drug-likeness (QED) is 0.856. The second-order valence-electron chi connectivity index (χ2n) is 4.58. The predicted octanol–water partition coefficient (Wildman–Crippen LogP) is 0.833. The first-order valence-corrected chi connectivity index (χ1v) is 6.22. The minimum atomic E-state index is -0.134. The number of anilines is 1. The molecule has 0 atom stereocenters. The van der Waals surface area contributed by atoms with Gasteiger partial charge in [0.25, 0.3) is 5.91 Å². The van der Waals surface area contributed by atoms with Crippen LogP contribution in [0.5, 0.6) is 0 Å². The van der Waals surface area contributed by atoms with Crippen LogP contribution in [0.4, 0.5) is 5.69 Å². The minimum Gasteiger partial charge on any atom is -0.397 e. The van der Waals surface area contributed by atoms with Crippen LogP contribution in [0.1, 0.15) is 28.7 Å². The van der Waals surface area contributed by atoms with Crippen molar-refractivity contribution >= 4 is 11.6 Å². The molecule has 0 saturated carbocycles. The Bertz CT molecular complexity index is 596. The van der Waals surface area contributed by atoms with Gasteiger partial charge in [-0.3, -0.25) is 9.48 Å². The standard InChI is InChI=1S/C13H19N5O/c1-4-11-9(7-18(3)16-11)6-15-13(19)12-5-10(14)8-17(12)2/h5,7-8H,4,6,14H2,1-3H3,(H,15,19). The first kappa shape index (κ1) is 13.2. The molecular formula is C13H19N5O. The normalized spacial score (nSPS) is 10.7. The fraction of sp³-hybridized carbons (Fsp3) is 0.385. The summed E-state index contributed by atoms with van der Waals surface area (Å²) < 4.78 is 3.48. The van der Waals surface area contributed by atoms with Crippen molar-refractivity contribution in [1.82, 2.24) is 19.7 Å². The fourth-order valence-electron chi connectivity index (χ4n) is 2.11. The molecule has 2 heterocycles. The monoisotopic (exact) mass is 261 g/mol. The average Bonchev–Trinajstić information content (AvgIpc) is 2.88. The molecule has 0 saturated heterocycles. The zero-order valence-electron chi connectivity index (χ0n) is 11.5. The predicted molar refractivity (Wildman–Crippen MR) is 73.6 cm³/mol. The van der Waals surface area contributed by atoms with Crippen LogP contribution in [-0.2, 0) is 27.1 Å². The van der Waals surface area contributed by atoms with Crippen molar-refractivity contribution < 1.29 is 4.79 Å². The third-order valence-corrected chi connectivity index (χ3v) is 3.02. The van der Waals surface area contributed by atoms with Gasteiger partial charge in [0.1, 0.15) is 5.69 Å². The summed E-state index contributed by atoms with van der Waals surface area (Å²) in [4.78, 5) is 12.0. The first-order valence-electron chi connectivity index (χ1n) is 6.22. The van der Waals surface area contributed by atoms with E-state index in [2.05, 4.69) is 10.4 Å². The summed E-state index contributed by atoms with van der Waals surface area (Å²) in [5, 5.41) is 7.23. The maximum atomic E-state index is 12.0. The molecule has 1 amide bonds. The van der Waals surface area contributed by atoms with Crippen molar-refractivity contribution in [2.75, 3.05) is 5.73 Å². The SMILES string of the molecule is CCc1nn(C)cc1CNC(=O)c1cc(N)cn1C. The van der Waals surface area contributed by atoms with Crippen LogP contribution in [0.25, 0.3) is 0 Å². The molecule has 0 unspecified atom stereocenters. The number of nitrogen functional groups attached to an aromatic ring is 1. The van der Waals surface area contributed by atoms with Crippen LogP contribution >= 0.6 is 0 Å². The minimum absolute atomic E-state index is 0.134. The van der Waals surface area contributed by atoms with Gasteiger partial charge in [-0.05, 0) is 12.5 Å². The van der Waals surface area contributed by atoms with E-state index < -0.39 is 0 Å². The van der Waals surface area contributed by atoms with E-state index in [1.807, 2.05) is 20.2 Å². The molecule has 0 radical (unpaired) electrons. The lowest BCUT2D eigenvalue weighted by molar-refractivity contribution is 0.0942. The van der Waals surface area contributed by atoms with Gasteiger partial charge in [0.05, 0.1) is 11.4 Å². The summed E-state index contributed by atoms with van der Waals surface area (Å²) in [6.07, 6.45) is 4.50. The van der Waals surface area contributed by atoms with Gasteiger partial charge in [-0.15, -0.1) is 0 Å². The Balaban J connectivity index is 2.06. The highest BCUT2D eigenvalue weighted by atomic mass is 16.1. The number of nitrogens with zero attached hydrogens (tertiary/aromatic N) is 3. The van der Waals surface area contributed by atoms with Crippen LogP contribution in [0, 0.1) is 0 Å². The molecule has 2 aromatic heterocycles. The molecule has 2 aromatic rings. The van der Waals surface area contributed by atoms with E-state index in [1.54, 1.807) is 28.6 Å². The van der Waals surface area contributed by atoms with E-state index in [9.17, 15) is 4.79 Å². The Labute approximate surface area is 112 Å². The zero-order chi connectivity index (χ0) is 14.0. The summed E-state index contributed by atoms with van der Waals surface area (Å²) in [7, 11) is 3.68. The summed E-state index contributed by atoms with van der Waals surface area (Å²) in [6, 6.07) is 1.67. The molecule has 0 fully saturated rings. The molecule has 0 aliphatic heterocycles. The smallest absolute Gasteiger partial charge is 0.268 e. The van der Waals surface area contributed by atoms with Crippen LogP contribution in [0.15, 0.2) is 18.5 Å². The maximum absolute atomic E-state index is 12.0. The highest BCUT2D eigenvalue weighted by Crippen LogP contribution is 2.10. The summed E-state index contributed by atoms with van der Waals surface area (Å²) in [5.41, 5.74) is 8.85. The number of rotatable bonds is 4. The highest BCUT2D eigenvalue weighted by molar-refractivity contribution is 5.93. The van der Waals surface area contributed by atoms with Gasteiger partial charge in [-0.1, -0.05) is 6.92 Å². The number of hydrogen-bond donors (Lipinski definition) is 2. The van der Waals surface area contributed by atoms with Gasteiger partial charge < -0.3 is 15.6 Å². The van der Waals surface area contributed by atoms with Crippen LogP contribution in [-0.4, -0.2) is 20.3 Å². The zero-order valence-corrected chi connectivity index (χ0v) is 11.5. The lowest BCUT2D eigenvalue weighted by atomic mass is 10.2. The van der Waals surface area contributed by atoms with E-state index in [4.69, 9.17) is 5.73 Å². The molecule has 102 valence electrons. The number of nitrogens with two attached hydrogens (primary N) is 1. The molecule has 0 aliphatic rings. The number of carbonyl (C=O) groups is 1. The first-order chi connectivity index (χ1) is 9.01. The molecule has 19 heavy (non-hydrogen) atoms. The fourth-order valence-corrected chi connectivity index (χ4v) is 2.11. The summed E-state index contributed by atoms with van der Waals surface area (Å²) >= 11 is 0. The third kappa shape index (κ3) is 2.78. The number of amides is 1. The Morgan fingerprint density at radius 3 is 2.74 bits per heavy atom. The number of carbonyl (C=O) groups excluding carboxylic acids is 1. The number of hydrogen-bond acceptors (Lipinski definition) is 3. The van der Waals surface area contributed by atoms with E-state index in [0.29, 0.717) is 17.9 Å². The van der Waals surface area contributed by atoms with Crippen molar-refractivity contribution in [1.29, 1.82) is 0 Å². The molecule has 3 N–H and O–H groups in total. The largest absolute Gasteiger partial charge is 0.397 e. The van der Waals surface area contributed by atoms with Gasteiger partial charge in [-0.25, -0.2) is 0 Å². The van der Waals surface area contributed by atoms with Crippen molar-refractivity contribution in [3.05, 3.63) is 35.4 Å². The van der Waals surface area contributed by atoms with Gasteiger partial charge in [0.15, 0.2) is 0 Å². The number of nitrogens with one attached hydrogen (secondary N) is 1. The summed E-state index contributed by atoms with van der Waals surface area (Å²) in [5.74, 6) is -0.134. The van der Waals surface area contributed by atoms with Gasteiger partial charge in [-0.2, -0.15) is 5.10 Å². The Hall–Kier alpha value is -2.24. The summed E-state index contributed by atoms with van der Waals surface area (Å²) in [6.45, 7) is 2.52. The molecule has 0 spiro atoms. The Morgan fingerprint density at radius 2 is 2.16 bits per heavy atom. The van der Waals surface area contributed by atoms with Crippen molar-refractivity contribution in [2.24, 2.45) is 14.1 Å². The molecule has 6 nitrogen and oxygen atoms in total. The highest BCUT2D eigenvalue weighted by Gasteiger charge is 2.12. The second-order valence-corrected chi connectivity index (χ2v) is 4.58. The van der Waals surface area contributed by atoms with Crippen LogP contribution < -0.4 is 11.1 Å². The maximum Gasteiger partial charge on any atom is 0.268 e. The molecule has 0 aromatic carbocycles. The second kappa shape index (κ2) is 5.17. The molecule has 6 heteroatoms.